The van der Waals surface area contributed by atoms with Crippen molar-refractivity contribution in [3.05, 3.63) is 63.9 Å². The van der Waals surface area contributed by atoms with Crippen LogP contribution in [0.1, 0.15) is 17.3 Å². The molecule has 130 valence electrons. The molecule has 2 aromatic carbocycles. The van der Waals surface area contributed by atoms with Crippen molar-refractivity contribution in [2.75, 3.05) is 18.0 Å². The Balaban J connectivity index is 1.80. The average molecular weight is 381 g/mol. The molecule has 0 aliphatic carbocycles. The van der Waals surface area contributed by atoms with Crippen molar-refractivity contribution in [2.24, 2.45) is 0 Å². The zero-order chi connectivity index (χ0) is 18.1. The lowest BCUT2D eigenvalue weighted by Gasteiger charge is -2.39. The summed E-state index contributed by atoms with van der Waals surface area (Å²) in [6.45, 7) is 2.37. The van der Waals surface area contributed by atoms with E-state index in [1.807, 2.05) is 0 Å². The summed E-state index contributed by atoms with van der Waals surface area (Å²) in [5, 5.41) is 0.653. The second-order valence-electron chi connectivity index (χ2n) is 5.77. The molecule has 0 bridgehead atoms. The molecule has 1 aliphatic rings. The average Bonchev–Trinajstić information content (AvgIpc) is 2.60. The highest BCUT2D eigenvalue weighted by molar-refractivity contribution is 6.42. The first-order valence-electron chi connectivity index (χ1n) is 7.71. The van der Waals surface area contributed by atoms with Gasteiger partial charge in [-0.05, 0) is 49.4 Å². The summed E-state index contributed by atoms with van der Waals surface area (Å²) in [5.74, 6) is -0.859. The van der Waals surface area contributed by atoms with E-state index in [0.717, 1.165) is 0 Å². The number of halogens is 3. The lowest BCUT2D eigenvalue weighted by atomic mass is 10.1. The van der Waals surface area contributed by atoms with Crippen LogP contribution in [-0.4, -0.2) is 35.8 Å². The van der Waals surface area contributed by atoms with Crippen molar-refractivity contribution in [1.82, 2.24) is 4.90 Å². The Morgan fingerprint density at radius 3 is 2.40 bits per heavy atom. The highest BCUT2D eigenvalue weighted by atomic mass is 35.5. The van der Waals surface area contributed by atoms with E-state index in [9.17, 15) is 14.0 Å². The first-order valence-corrected chi connectivity index (χ1v) is 8.47. The smallest absolute Gasteiger partial charge is 0.254 e. The van der Waals surface area contributed by atoms with Gasteiger partial charge < -0.3 is 9.80 Å². The Bertz CT molecular complexity index is 826. The van der Waals surface area contributed by atoms with Crippen LogP contribution in [0.5, 0.6) is 0 Å². The van der Waals surface area contributed by atoms with Crippen LogP contribution in [0.25, 0.3) is 0 Å². The molecule has 0 spiro atoms. The first kappa shape index (κ1) is 17.7. The fourth-order valence-corrected chi connectivity index (χ4v) is 3.12. The number of benzene rings is 2. The fourth-order valence-electron chi connectivity index (χ4n) is 2.82. The maximum absolute atomic E-state index is 13.1. The van der Waals surface area contributed by atoms with Crippen molar-refractivity contribution in [1.29, 1.82) is 0 Å². The molecule has 1 unspecified atom stereocenters. The third kappa shape index (κ3) is 3.48. The predicted octanol–water partition coefficient (Wildman–Crippen LogP) is 4.01. The van der Waals surface area contributed by atoms with Gasteiger partial charge in [0, 0.05) is 24.3 Å². The zero-order valence-electron chi connectivity index (χ0n) is 13.4. The van der Waals surface area contributed by atoms with Crippen LogP contribution >= 0.6 is 23.2 Å². The van der Waals surface area contributed by atoms with Gasteiger partial charge in [0.2, 0.25) is 5.91 Å². The molecule has 25 heavy (non-hydrogen) atoms. The van der Waals surface area contributed by atoms with Gasteiger partial charge in [-0.1, -0.05) is 23.2 Å². The number of anilines is 1. The summed E-state index contributed by atoms with van der Waals surface area (Å²) < 4.78 is 13.1. The topological polar surface area (TPSA) is 40.6 Å². The van der Waals surface area contributed by atoms with E-state index in [-0.39, 0.29) is 22.7 Å². The monoisotopic (exact) mass is 380 g/mol. The molecule has 1 heterocycles. The highest BCUT2D eigenvalue weighted by Crippen LogP contribution is 2.25. The lowest BCUT2D eigenvalue weighted by Crippen LogP contribution is -2.57. The van der Waals surface area contributed by atoms with Crippen LogP contribution in [0.4, 0.5) is 10.1 Å². The summed E-state index contributed by atoms with van der Waals surface area (Å²) in [5.41, 5.74) is 0.990. The van der Waals surface area contributed by atoms with Gasteiger partial charge in [0.15, 0.2) is 0 Å². The standard InChI is InChI=1S/C18H15Cl2FN2O2/c1-11-17(24)23(14-5-3-13(21)4-6-14)9-8-22(11)18(25)12-2-7-15(19)16(20)10-12/h2-7,10-11H,8-9H2,1H3. The summed E-state index contributed by atoms with van der Waals surface area (Å²) in [4.78, 5) is 28.4. The van der Waals surface area contributed by atoms with Crippen LogP contribution < -0.4 is 4.90 Å². The molecule has 7 heteroatoms. The molecule has 2 aromatic rings. The quantitative estimate of drug-likeness (QED) is 0.789. The number of hydrogen-bond donors (Lipinski definition) is 0. The van der Waals surface area contributed by atoms with E-state index >= 15 is 0 Å². The van der Waals surface area contributed by atoms with E-state index in [2.05, 4.69) is 0 Å². The molecular formula is C18H15Cl2FN2O2. The summed E-state index contributed by atoms with van der Waals surface area (Å²) >= 11 is 11.8. The molecule has 1 saturated heterocycles. The number of carbonyl (C=O) groups is 2. The van der Waals surface area contributed by atoms with Crippen LogP contribution in [0.2, 0.25) is 10.0 Å². The number of rotatable bonds is 2. The van der Waals surface area contributed by atoms with E-state index in [4.69, 9.17) is 23.2 Å². The number of nitrogens with zero attached hydrogens (tertiary/aromatic N) is 2. The molecule has 1 fully saturated rings. The third-order valence-electron chi connectivity index (χ3n) is 4.22. The molecule has 2 amide bonds. The minimum Gasteiger partial charge on any atom is -0.325 e. The molecule has 0 radical (unpaired) electrons. The molecular weight excluding hydrogens is 366 g/mol. The van der Waals surface area contributed by atoms with Crippen molar-refractivity contribution in [3.8, 4) is 0 Å². The van der Waals surface area contributed by atoms with E-state index < -0.39 is 6.04 Å². The van der Waals surface area contributed by atoms with Crippen molar-refractivity contribution in [3.63, 3.8) is 0 Å². The van der Waals surface area contributed by atoms with Crippen LogP contribution in [0.3, 0.4) is 0 Å². The van der Waals surface area contributed by atoms with Crippen molar-refractivity contribution in [2.45, 2.75) is 13.0 Å². The summed E-state index contributed by atoms with van der Waals surface area (Å²) in [6, 6.07) is 9.71. The second-order valence-corrected chi connectivity index (χ2v) is 6.58. The molecule has 3 rings (SSSR count). The van der Waals surface area contributed by atoms with Gasteiger partial charge in [0.25, 0.3) is 5.91 Å². The summed E-state index contributed by atoms with van der Waals surface area (Å²) in [6.07, 6.45) is 0. The Morgan fingerprint density at radius 1 is 1.08 bits per heavy atom. The molecule has 0 N–H and O–H groups in total. The maximum Gasteiger partial charge on any atom is 0.254 e. The molecule has 0 saturated carbocycles. The lowest BCUT2D eigenvalue weighted by molar-refractivity contribution is -0.124. The predicted molar refractivity (Wildman–Crippen MR) is 95.7 cm³/mol. The Labute approximate surface area is 154 Å². The van der Waals surface area contributed by atoms with E-state index in [1.165, 1.54) is 23.1 Å². The molecule has 4 nitrogen and oxygen atoms in total. The van der Waals surface area contributed by atoms with Crippen molar-refractivity contribution < 1.29 is 14.0 Å². The molecule has 1 aliphatic heterocycles. The zero-order valence-corrected chi connectivity index (χ0v) is 14.9. The van der Waals surface area contributed by atoms with Gasteiger partial charge in [-0.25, -0.2) is 4.39 Å². The van der Waals surface area contributed by atoms with Crippen molar-refractivity contribution >= 4 is 40.7 Å². The maximum atomic E-state index is 13.1. The highest BCUT2D eigenvalue weighted by Gasteiger charge is 2.35. The van der Waals surface area contributed by atoms with Gasteiger partial charge >= 0.3 is 0 Å². The largest absolute Gasteiger partial charge is 0.325 e. The number of piperazine rings is 1. The Hall–Kier alpha value is -2.11. The van der Waals surface area contributed by atoms with Crippen LogP contribution in [0, 0.1) is 5.82 Å². The van der Waals surface area contributed by atoms with Gasteiger partial charge in [-0.15, -0.1) is 0 Å². The Morgan fingerprint density at radius 2 is 1.76 bits per heavy atom. The van der Waals surface area contributed by atoms with E-state index in [0.29, 0.717) is 29.4 Å². The van der Waals surface area contributed by atoms with Gasteiger partial charge in [-0.2, -0.15) is 0 Å². The SMILES string of the molecule is CC1C(=O)N(c2ccc(F)cc2)CCN1C(=O)c1ccc(Cl)c(Cl)c1. The normalized spacial score (nSPS) is 17.8. The van der Waals surface area contributed by atoms with Gasteiger partial charge in [-0.3, -0.25) is 9.59 Å². The third-order valence-corrected chi connectivity index (χ3v) is 4.96. The Kier molecular flexibility index (Phi) is 4.97. The minimum atomic E-state index is -0.638. The van der Waals surface area contributed by atoms with Crippen LogP contribution in [0.15, 0.2) is 42.5 Å². The minimum absolute atomic E-state index is 0.216. The van der Waals surface area contributed by atoms with Gasteiger partial charge in [0.1, 0.15) is 11.9 Å². The number of hydrogen-bond acceptors (Lipinski definition) is 2. The number of carbonyl (C=O) groups excluding carboxylic acids is 2. The first-order chi connectivity index (χ1) is 11.9. The summed E-state index contributed by atoms with van der Waals surface area (Å²) in [7, 11) is 0. The second kappa shape index (κ2) is 7.02. The van der Waals surface area contributed by atoms with E-state index in [1.54, 1.807) is 36.1 Å². The fraction of sp³-hybridized carbons (Fsp3) is 0.222. The molecule has 0 aromatic heterocycles. The van der Waals surface area contributed by atoms with Gasteiger partial charge in [0.05, 0.1) is 10.0 Å². The molecule has 1 atom stereocenters. The number of amides is 2. The van der Waals surface area contributed by atoms with Crippen LogP contribution in [-0.2, 0) is 4.79 Å².